The monoisotopic (exact) mass is 946 g/mol. The Bertz CT molecular complexity index is 2690. The van der Waals surface area contributed by atoms with Crippen LogP contribution in [-0.2, 0) is 14.4 Å². The number of methoxy groups -OCH3 is 2. The number of carbonyl (C=O) groups excluding carboxylic acids is 1. The molecule has 5 aromatic carbocycles. The van der Waals surface area contributed by atoms with Crippen molar-refractivity contribution in [3.8, 4) is 11.5 Å². The summed E-state index contributed by atoms with van der Waals surface area (Å²) in [5.41, 5.74) is 13.0. The standard InChI is InChI=1S/C35H39OP.C21H26O3.C5H6O3/c1-27(22-23-34-28(2)26-35(36-5)30(4)29(34)3)24-25-37(6,31-16-10-7-11-17-31,32-18-12-8-13-19-32)33-20-14-9-15-21-33;1-14(8-7-9-15(2)12-21(22)23)10-11-19-16(3)13-20(24-6)18(5)17(19)4;1-4(3-6)2-5(7)8/h7-24,26H,25H2,1-6H3;7-13H,1-6H3,(H,22,23);2-3H,1H3,(H,7,8)/b23-22+,27-24+;9-7+,11-10+,14-8+,15-12+;4-2+. The number of hydrogen-bond donors (Lipinski definition) is 2. The number of carboxylic acids is 2. The maximum absolute atomic E-state index is 10.6. The molecule has 0 amide bonds. The molecule has 0 saturated heterocycles. The summed E-state index contributed by atoms with van der Waals surface area (Å²) >= 11 is 0. The van der Waals surface area contributed by atoms with Gasteiger partial charge >= 0.3 is 236 Å². The molecule has 5 rings (SSSR count). The third kappa shape index (κ3) is 15.2. The molecule has 69 heavy (non-hydrogen) atoms. The van der Waals surface area contributed by atoms with Crippen molar-refractivity contribution in [3.63, 3.8) is 0 Å². The molecule has 0 spiro atoms. The molecule has 0 radical (unpaired) electrons. The topological polar surface area (TPSA) is 110 Å². The number of carbonyl (C=O) groups is 3. The second-order valence-electron chi connectivity index (χ2n) is 17.6. The van der Waals surface area contributed by atoms with E-state index < -0.39 is 18.5 Å². The van der Waals surface area contributed by atoms with E-state index in [1.54, 1.807) is 27.2 Å². The molecule has 0 aromatic heterocycles. The van der Waals surface area contributed by atoms with Crippen LogP contribution in [0.2, 0.25) is 0 Å². The van der Waals surface area contributed by atoms with Crippen LogP contribution in [0, 0.1) is 41.5 Å². The van der Waals surface area contributed by atoms with E-state index in [1.807, 2.05) is 19.1 Å². The number of aryl methyl sites for hydroxylation is 2. The summed E-state index contributed by atoms with van der Waals surface area (Å²) in [7, 11) is 3.43. The fourth-order valence-corrected chi connectivity index (χ4v) is 13.3. The summed E-state index contributed by atoms with van der Waals surface area (Å²) < 4.78 is 11.0. The van der Waals surface area contributed by atoms with Crippen LogP contribution < -0.4 is 25.4 Å². The molecule has 0 fully saturated rings. The maximum atomic E-state index is 10.6. The second kappa shape index (κ2) is 26.5. The van der Waals surface area contributed by atoms with Crippen LogP contribution in [0.1, 0.15) is 72.2 Å². The van der Waals surface area contributed by atoms with Crippen LogP contribution >= 0.6 is 6.60 Å². The third-order valence-electron chi connectivity index (χ3n) is 12.5. The first-order valence-corrected chi connectivity index (χ1v) is 25.7. The molecule has 0 unspecified atom stereocenters. The predicted molar refractivity (Wildman–Crippen MR) is 294 cm³/mol. The summed E-state index contributed by atoms with van der Waals surface area (Å²) in [6, 6.07) is 37.6. The number of allylic oxidation sites excluding steroid dienone is 10. The van der Waals surface area contributed by atoms with Gasteiger partial charge in [0, 0.05) is 12.2 Å². The van der Waals surface area contributed by atoms with E-state index >= 15 is 0 Å². The number of benzene rings is 5. The molecule has 0 aliphatic heterocycles. The molecule has 8 heteroatoms. The molecule has 2 N–H and O–H groups in total. The summed E-state index contributed by atoms with van der Waals surface area (Å²) in [6.45, 7) is 19.9. The average Bonchev–Trinajstić information content (AvgIpc) is 3.33. The van der Waals surface area contributed by atoms with Gasteiger partial charge in [0.2, 0.25) is 0 Å². The van der Waals surface area contributed by atoms with Gasteiger partial charge in [0.05, 0.1) is 7.11 Å². The number of ether oxygens (including phenoxy) is 2. The zero-order valence-electron chi connectivity index (χ0n) is 42.8. The average molecular weight is 947 g/mol. The molecular formula is C61H71O7P. The van der Waals surface area contributed by atoms with Crippen LogP contribution in [-0.4, -0.2) is 55.5 Å². The molecular weight excluding hydrogens is 876 g/mol. The van der Waals surface area contributed by atoms with Gasteiger partial charge in [-0.1, -0.05) is 36.0 Å². The first-order chi connectivity index (χ1) is 32.7. The van der Waals surface area contributed by atoms with Crippen molar-refractivity contribution < 1.29 is 34.1 Å². The molecule has 5 aromatic rings. The van der Waals surface area contributed by atoms with E-state index in [0.29, 0.717) is 11.9 Å². The van der Waals surface area contributed by atoms with E-state index in [0.717, 1.165) is 34.9 Å². The molecule has 7 nitrogen and oxygen atoms in total. The fraction of sp³-hybridized carbons (Fsp3) is 0.230. The van der Waals surface area contributed by atoms with Gasteiger partial charge in [-0.15, -0.1) is 0 Å². The first kappa shape index (κ1) is 56.2. The van der Waals surface area contributed by atoms with E-state index in [1.165, 1.54) is 73.4 Å². The van der Waals surface area contributed by atoms with Crippen molar-refractivity contribution in [3.05, 3.63) is 219 Å². The Morgan fingerprint density at radius 3 is 1.26 bits per heavy atom. The number of aliphatic carboxylic acids is 2. The molecule has 0 bridgehead atoms. The van der Waals surface area contributed by atoms with Crippen molar-refractivity contribution in [2.75, 3.05) is 27.0 Å². The molecule has 0 aliphatic carbocycles. The number of hydrogen-bond acceptors (Lipinski definition) is 5. The molecule has 0 aliphatic rings. The van der Waals surface area contributed by atoms with Crippen molar-refractivity contribution in [2.24, 2.45) is 0 Å². The molecule has 0 saturated carbocycles. The minimum absolute atomic E-state index is 0.220. The Hall–Kier alpha value is -7.08. The number of rotatable bonds is 16. The Labute approximate surface area is 411 Å². The molecule has 0 heterocycles. The Morgan fingerprint density at radius 2 is 0.913 bits per heavy atom. The molecule has 0 atom stereocenters. The first-order valence-electron chi connectivity index (χ1n) is 22.8. The van der Waals surface area contributed by atoms with Crippen LogP contribution in [0.25, 0.3) is 12.2 Å². The summed E-state index contributed by atoms with van der Waals surface area (Å²) in [5, 5.41) is 20.9. The number of carboxylic acid groups (broad SMARTS) is 2. The van der Waals surface area contributed by atoms with Gasteiger partial charge in [-0.3, -0.25) is 4.79 Å². The summed E-state index contributed by atoms with van der Waals surface area (Å²) in [6.07, 6.45) is 20.2. The predicted octanol–water partition coefficient (Wildman–Crippen LogP) is 13.1. The zero-order valence-corrected chi connectivity index (χ0v) is 43.7. The van der Waals surface area contributed by atoms with Gasteiger partial charge in [-0.25, -0.2) is 9.59 Å². The third-order valence-corrected chi connectivity index (χ3v) is 18.7. The van der Waals surface area contributed by atoms with E-state index in [-0.39, 0.29) is 5.57 Å². The Balaban J connectivity index is 0.000000337. The van der Waals surface area contributed by atoms with E-state index in [2.05, 4.69) is 189 Å². The van der Waals surface area contributed by atoms with Crippen molar-refractivity contribution in [1.29, 1.82) is 0 Å². The van der Waals surface area contributed by atoms with Gasteiger partial charge < -0.3 is 14.9 Å². The van der Waals surface area contributed by atoms with E-state index in [4.69, 9.17) is 19.7 Å². The molecule has 362 valence electrons. The summed E-state index contributed by atoms with van der Waals surface area (Å²) in [4.78, 5) is 30.0. The van der Waals surface area contributed by atoms with Gasteiger partial charge in [0.15, 0.2) is 0 Å². The second-order valence-corrected chi connectivity index (χ2v) is 23.1. The SMILES string of the molecule is C/C(C=O)=C\C(=O)O.COc1cc(C)c(/C=C/C(C)=C/C=C/C(C)=C/C(=O)O)c(C)c1C.COc1cc(C)c(/C=C/C(C)=C/CP(C)(c2ccccc2)(c2ccccc2)c2ccccc2)c(C)c1C. The Morgan fingerprint density at radius 1 is 0.536 bits per heavy atom. The van der Waals surface area contributed by atoms with Gasteiger partial charge in [0.1, 0.15) is 12.0 Å². The summed E-state index contributed by atoms with van der Waals surface area (Å²) in [5.74, 6) is -0.150. The van der Waals surface area contributed by atoms with Crippen LogP contribution in [0.5, 0.6) is 11.5 Å². The zero-order chi connectivity index (χ0) is 51.3. The minimum atomic E-state index is -2.78. The fourth-order valence-electron chi connectivity index (χ4n) is 8.07. The van der Waals surface area contributed by atoms with E-state index in [9.17, 15) is 14.4 Å². The normalized spacial score (nSPS) is 13.0. The van der Waals surface area contributed by atoms with Crippen LogP contribution in [0.4, 0.5) is 0 Å². The van der Waals surface area contributed by atoms with Crippen LogP contribution in [0.15, 0.2) is 174 Å². The quantitative estimate of drug-likeness (QED) is 0.0439. The van der Waals surface area contributed by atoms with Gasteiger partial charge in [-0.05, 0) is 81.0 Å². The van der Waals surface area contributed by atoms with Crippen molar-refractivity contribution in [1.82, 2.24) is 0 Å². The Kier molecular flexibility index (Phi) is 21.6. The van der Waals surface area contributed by atoms with Crippen LogP contribution in [0.3, 0.4) is 0 Å². The number of aldehydes is 1. The van der Waals surface area contributed by atoms with Gasteiger partial charge in [-0.2, -0.15) is 0 Å². The van der Waals surface area contributed by atoms with Crippen molar-refractivity contribution in [2.45, 2.75) is 69.2 Å². The van der Waals surface area contributed by atoms with Gasteiger partial charge in [0.25, 0.3) is 0 Å². The van der Waals surface area contributed by atoms with Crippen molar-refractivity contribution >= 4 is 52.9 Å².